The van der Waals surface area contributed by atoms with E-state index in [9.17, 15) is 0 Å². The van der Waals surface area contributed by atoms with Crippen molar-refractivity contribution in [2.75, 3.05) is 0 Å². The molecule has 0 atom stereocenters. The summed E-state index contributed by atoms with van der Waals surface area (Å²) in [6.45, 7) is 0. The maximum absolute atomic E-state index is 6.88. The van der Waals surface area contributed by atoms with Crippen molar-refractivity contribution in [3.63, 3.8) is 0 Å². The molecule has 0 saturated heterocycles. The van der Waals surface area contributed by atoms with E-state index in [1.54, 1.807) is 0 Å². The summed E-state index contributed by atoms with van der Waals surface area (Å²) in [7, 11) is 0. The first-order chi connectivity index (χ1) is 1.41. The van der Waals surface area contributed by atoms with Gasteiger partial charge in [0.2, 0.25) is 0 Å². The van der Waals surface area contributed by atoms with Crippen LogP contribution in [0, 0.1) is 11.5 Å². The van der Waals surface area contributed by atoms with E-state index < -0.39 is 0 Å². The van der Waals surface area contributed by atoms with Gasteiger partial charge in [0.15, 0.2) is 0 Å². The minimum atomic E-state index is 0. The number of rotatable bonds is 0. The monoisotopic (exact) mass is 125 g/mol. The average molecular weight is 126 g/mol. The fourth-order valence-electron chi connectivity index (χ4n) is 0. The molecule has 0 aliphatic rings. The van der Waals surface area contributed by atoms with Gasteiger partial charge in [0.05, 0.1) is 0 Å². The van der Waals surface area contributed by atoms with E-state index in [0.717, 1.165) is 6.26 Å². The third kappa shape index (κ3) is 60.4. The number of aliphatic hydroxyl groups excluding tert-OH is 1. The van der Waals surface area contributed by atoms with Crippen LogP contribution < -0.4 is 0 Å². The van der Waals surface area contributed by atoms with Crippen molar-refractivity contribution >= 4 is 29.6 Å². The van der Waals surface area contributed by atoms with Crippen LogP contribution in [0.5, 0.6) is 0 Å². The van der Waals surface area contributed by atoms with Crippen LogP contribution in [0.4, 0.5) is 0 Å². The topological polar surface area (TPSA) is 44.0 Å². The van der Waals surface area contributed by atoms with Crippen molar-refractivity contribution in [3.8, 4) is 6.26 Å². The van der Waals surface area contributed by atoms with Crippen LogP contribution in [0.2, 0.25) is 0 Å². The van der Waals surface area contributed by atoms with Crippen molar-refractivity contribution in [2.24, 2.45) is 0 Å². The van der Waals surface area contributed by atoms with E-state index in [2.05, 4.69) is 0 Å². The van der Waals surface area contributed by atoms with E-state index >= 15 is 0 Å². The Balaban J connectivity index is -0.0000000200. The van der Waals surface area contributed by atoms with Crippen molar-refractivity contribution in [3.05, 3.63) is 0 Å². The van der Waals surface area contributed by atoms with Crippen LogP contribution in [0.25, 0.3) is 0 Å². The second-order valence-electron chi connectivity index (χ2n) is 0.100. The van der Waals surface area contributed by atoms with E-state index in [0.29, 0.717) is 0 Å². The van der Waals surface area contributed by atoms with Crippen LogP contribution in [0.3, 0.4) is 0 Å². The van der Waals surface area contributed by atoms with Gasteiger partial charge in [-0.15, -0.1) is 0 Å². The van der Waals surface area contributed by atoms with Gasteiger partial charge in [0.25, 0.3) is 6.26 Å². The van der Waals surface area contributed by atoms with Gasteiger partial charge in [-0.2, -0.15) is 5.26 Å². The van der Waals surface area contributed by atoms with E-state index in [4.69, 9.17) is 10.4 Å². The molecule has 0 unspecified atom stereocenters. The third-order valence-electron chi connectivity index (χ3n) is 0. The van der Waals surface area contributed by atoms with Crippen molar-refractivity contribution in [2.45, 2.75) is 0 Å². The molecule has 1 N–H and O–H groups in total. The molecule has 0 aromatic carbocycles. The quantitative estimate of drug-likeness (QED) is 0.340. The molecular formula is CH2NNaNiO. The molecular weight excluding hydrogens is 124 g/mol. The van der Waals surface area contributed by atoms with Gasteiger partial charge in [-0.1, -0.05) is 0 Å². The third-order valence-corrected chi connectivity index (χ3v) is 0. The molecule has 0 radical (unpaired) electrons. The maximum atomic E-state index is 6.88. The smallest absolute Gasteiger partial charge is 0 e. The molecule has 0 bridgehead atoms. The first kappa shape index (κ1) is 17.1. The summed E-state index contributed by atoms with van der Waals surface area (Å²) in [5, 5.41) is 13.8. The van der Waals surface area contributed by atoms with E-state index in [1.165, 1.54) is 0 Å². The molecule has 0 fully saturated rings. The van der Waals surface area contributed by atoms with E-state index in [1.807, 2.05) is 0 Å². The second-order valence-corrected chi connectivity index (χ2v) is 0.100. The standard InChI is InChI=1S/CHNO.Na.Ni.H/c2-1-3;;;/h3H;;;. The second kappa shape index (κ2) is 21.5. The molecule has 2 nitrogen and oxygen atoms in total. The Morgan fingerprint density at radius 1 is 1.60 bits per heavy atom. The Labute approximate surface area is 62.4 Å². The van der Waals surface area contributed by atoms with Gasteiger partial charge < -0.3 is 5.11 Å². The summed E-state index contributed by atoms with van der Waals surface area (Å²) in [5.74, 6) is 0. The zero-order chi connectivity index (χ0) is 2.71. The minimum Gasteiger partial charge on any atom is 0 e. The minimum absolute atomic E-state index is 0. The SMILES string of the molecule is N#CO.[NaH].[Ni]. The van der Waals surface area contributed by atoms with Crippen molar-refractivity contribution in [1.82, 2.24) is 0 Å². The molecule has 0 aromatic heterocycles. The molecule has 0 aliphatic heterocycles. The van der Waals surface area contributed by atoms with E-state index in [-0.39, 0.29) is 46.0 Å². The van der Waals surface area contributed by atoms with Crippen molar-refractivity contribution in [1.29, 1.82) is 5.26 Å². The molecule has 0 spiro atoms. The molecule has 0 saturated carbocycles. The molecule has 0 aromatic rings. The predicted octanol–water partition coefficient (Wildman–Crippen LogP) is -0.811. The zero-order valence-electron chi connectivity index (χ0n) is 1.71. The zero-order valence-corrected chi connectivity index (χ0v) is 2.70. The molecule has 0 aliphatic carbocycles. The number of aliphatic hydroxyl groups is 1. The van der Waals surface area contributed by atoms with Crippen LogP contribution in [-0.2, 0) is 16.5 Å². The Morgan fingerprint density at radius 2 is 1.60 bits per heavy atom. The van der Waals surface area contributed by atoms with Gasteiger partial charge >= 0.3 is 29.6 Å². The largest absolute Gasteiger partial charge is 0 e. The van der Waals surface area contributed by atoms with Gasteiger partial charge in [-0.3, -0.25) is 0 Å². The Kier molecular flexibility index (Phi) is 73.5. The summed E-state index contributed by atoms with van der Waals surface area (Å²) in [5.41, 5.74) is 0. The fourth-order valence-corrected chi connectivity index (χ4v) is 0. The van der Waals surface area contributed by atoms with Crippen LogP contribution in [0.15, 0.2) is 0 Å². The maximum Gasteiger partial charge on any atom is 0 e. The predicted molar refractivity (Wildman–Crippen MR) is 14.7 cm³/mol. The van der Waals surface area contributed by atoms with Gasteiger partial charge in [0.1, 0.15) is 0 Å². The van der Waals surface area contributed by atoms with Gasteiger partial charge in [0, 0.05) is 16.5 Å². The molecule has 28 valence electrons. The normalized spacial score (nSPS) is 1.40. The summed E-state index contributed by atoms with van der Waals surface area (Å²) in [6, 6.07) is 0. The Hall–Kier alpha value is 0.784. The number of hydrogen-bond acceptors (Lipinski definition) is 2. The molecule has 0 heterocycles. The Bertz CT molecular complexity index is 33.1. The molecule has 0 amide bonds. The number of nitrogens with zero attached hydrogens (tertiary/aromatic N) is 1. The fraction of sp³-hybridized carbons (Fsp3) is 0. The Morgan fingerprint density at radius 3 is 1.60 bits per heavy atom. The molecule has 0 rings (SSSR count). The average Bonchev–Trinajstić information content (AvgIpc) is 0.918. The summed E-state index contributed by atoms with van der Waals surface area (Å²) in [6.07, 6.45) is 0.750. The number of hydrogen-bond donors (Lipinski definition) is 1. The molecule has 4 heteroatoms. The molecule has 5 heavy (non-hydrogen) atoms. The van der Waals surface area contributed by atoms with Crippen LogP contribution in [0.1, 0.15) is 0 Å². The summed E-state index contributed by atoms with van der Waals surface area (Å²) in [4.78, 5) is 0. The first-order valence-corrected chi connectivity index (χ1v) is 0.447. The first-order valence-electron chi connectivity index (χ1n) is 0.447. The van der Waals surface area contributed by atoms with Gasteiger partial charge in [-0.25, -0.2) is 0 Å². The van der Waals surface area contributed by atoms with Crippen molar-refractivity contribution < 1.29 is 21.6 Å². The number of nitriles is 1. The summed E-state index contributed by atoms with van der Waals surface area (Å²) < 4.78 is 0. The van der Waals surface area contributed by atoms with Crippen LogP contribution in [-0.4, -0.2) is 34.7 Å². The van der Waals surface area contributed by atoms with Crippen LogP contribution >= 0.6 is 0 Å². The van der Waals surface area contributed by atoms with Gasteiger partial charge in [-0.05, 0) is 0 Å². The summed E-state index contributed by atoms with van der Waals surface area (Å²) >= 11 is 0.